The summed E-state index contributed by atoms with van der Waals surface area (Å²) in [6, 6.07) is 13.7. The molecule has 180 valence electrons. The molecular weight excluding hydrogens is 461 g/mol. The Morgan fingerprint density at radius 3 is 2.50 bits per heavy atom. The topological polar surface area (TPSA) is 132 Å². The standard InChI is InChI=1S/C23H26FN5O4S/c1-2-32-14-15-33-19-9-11-20(12-10-19)34(30,31)27-13-3-4-22-21(16-25)23(26)29(28-22)18-7-5-17(24)6-8-18/h5-12,27H,2-4,13-15,26H2,1H3. The third kappa shape index (κ3) is 6.32. The van der Waals surface area contributed by atoms with Gasteiger partial charge in [0.15, 0.2) is 0 Å². The van der Waals surface area contributed by atoms with Crippen molar-refractivity contribution < 1.29 is 22.3 Å². The molecule has 9 nitrogen and oxygen atoms in total. The van der Waals surface area contributed by atoms with Crippen molar-refractivity contribution in [3.63, 3.8) is 0 Å². The summed E-state index contributed by atoms with van der Waals surface area (Å²) in [6.07, 6.45) is 0.725. The van der Waals surface area contributed by atoms with E-state index in [1.807, 2.05) is 13.0 Å². The van der Waals surface area contributed by atoms with Crippen molar-refractivity contribution in [1.29, 1.82) is 5.26 Å². The Bertz CT molecular complexity index is 1240. The van der Waals surface area contributed by atoms with Crippen LogP contribution in [-0.4, -0.2) is 44.6 Å². The first-order valence-electron chi connectivity index (χ1n) is 10.7. The molecule has 0 aliphatic heterocycles. The van der Waals surface area contributed by atoms with E-state index in [4.69, 9.17) is 15.2 Å². The van der Waals surface area contributed by atoms with Gasteiger partial charge in [0, 0.05) is 13.2 Å². The highest BCUT2D eigenvalue weighted by molar-refractivity contribution is 7.89. The van der Waals surface area contributed by atoms with Crippen molar-refractivity contribution >= 4 is 15.8 Å². The van der Waals surface area contributed by atoms with Crippen LogP contribution < -0.4 is 15.2 Å². The summed E-state index contributed by atoms with van der Waals surface area (Å²) in [5.74, 6) is 0.302. The summed E-state index contributed by atoms with van der Waals surface area (Å²) in [7, 11) is -3.71. The average molecular weight is 488 g/mol. The molecule has 0 fully saturated rings. The maximum atomic E-state index is 13.2. The second-order valence-corrected chi connectivity index (χ2v) is 8.99. The van der Waals surface area contributed by atoms with Crippen molar-refractivity contribution in [1.82, 2.24) is 14.5 Å². The summed E-state index contributed by atoms with van der Waals surface area (Å²) < 4.78 is 52.9. The van der Waals surface area contributed by atoms with E-state index >= 15 is 0 Å². The largest absolute Gasteiger partial charge is 0.491 e. The maximum Gasteiger partial charge on any atom is 0.240 e. The summed E-state index contributed by atoms with van der Waals surface area (Å²) in [5, 5.41) is 13.8. The van der Waals surface area contributed by atoms with Crippen LogP contribution in [0.4, 0.5) is 10.2 Å². The lowest BCUT2D eigenvalue weighted by Gasteiger charge is -2.09. The predicted octanol–water partition coefficient (Wildman–Crippen LogP) is 2.79. The molecule has 0 atom stereocenters. The Kier molecular flexibility index (Phi) is 8.59. The third-order valence-electron chi connectivity index (χ3n) is 4.89. The number of benzene rings is 2. The predicted molar refractivity (Wildman–Crippen MR) is 125 cm³/mol. The zero-order valence-corrected chi connectivity index (χ0v) is 19.5. The molecule has 0 saturated heterocycles. The first-order valence-corrected chi connectivity index (χ1v) is 12.2. The van der Waals surface area contributed by atoms with Crippen LogP contribution in [-0.2, 0) is 21.2 Å². The molecule has 0 aliphatic rings. The van der Waals surface area contributed by atoms with Crippen LogP contribution in [0.15, 0.2) is 53.4 Å². The van der Waals surface area contributed by atoms with Gasteiger partial charge in [0.2, 0.25) is 10.0 Å². The van der Waals surface area contributed by atoms with Crippen molar-refractivity contribution in [3.05, 3.63) is 65.6 Å². The molecule has 2 aromatic carbocycles. The second-order valence-electron chi connectivity index (χ2n) is 7.23. The minimum atomic E-state index is -3.71. The highest BCUT2D eigenvalue weighted by Gasteiger charge is 2.18. The van der Waals surface area contributed by atoms with E-state index in [-0.39, 0.29) is 22.8 Å². The van der Waals surface area contributed by atoms with Crippen molar-refractivity contribution in [3.8, 4) is 17.5 Å². The van der Waals surface area contributed by atoms with E-state index in [2.05, 4.69) is 9.82 Å². The Balaban J connectivity index is 1.57. The fourth-order valence-electron chi connectivity index (χ4n) is 3.18. The summed E-state index contributed by atoms with van der Waals surface area (Å²) in [5.41, 5.74) is 7.22. The lowest BCUT2D eigenvalue weighted by Crippen LogP contribution is -2.25. The number of nitrogens with one attached hydrogen (secondary N) is 1. The van der Waals surface area contributed by atoms with Crippen LogP contribution in [0.25, 0.3) is 5.69 Å². The number of rotatable bonds is 12. The highest BCUT2D eigenvalue weighted by Crippen LogP contribution is 2.22. The third-order valence-corrected chi connectivity index (χ3v) is 6.37. The number of nitriles is 1. The maximum absolute atomic E-state index is 13.2. The molecule has 0 unspecified atom stereocenters. The first-order chi connectivity index (χ1) is 16.4. The molecule has 1 aromatic heterocycles. The molecule has 0 aliphatic carbocycles. The SMILES string of the molecule is CCOCCOc1ccc(S(=O)(=O)NCCCc2nn(-c3ccc(F)cc3)c(N)c2C#N)cc1. The number of sulfonamides is 1. The Morgan fingerprint density at radius 1 is 1.15 bits per heavy atom. The summed E-state index contributed by atoms with van der Waals surface area (Å²) >= 11 is 0. The lowest BCUT2D eigenvalue weighted by molar-refractivity contribution is 0.110. The van der Waals surface area contributed by atoms with Gasteiger partial charge in [0.25, 0.3) is 0 Å². The van der Waals surface area contributed by atoms with Crippen molar-refractivity contribution in [2.75, 3.05) is 32.1 Å². The van der Waals surface area contributed by atoms with Gasteiger partial charge in [-0.05, 0) is 68.3 Å². The Labute approximate surface area is 198 Å². The first kappa shape index (κ1) is 25.2. The number of hydrogen-bond acceptors (Lipinski definition) is 7. The van der Waals surface area contributed by atoms with Gasteiger partial charge in [-0.2, -0.15) is 10.4 Å². The van der Waals surface area contributed by atoms with Gasteiger partial charge in [-0.1, -0.05) is 0 Å². The number of nitrogens with two attached hydrogens (primary N) is 1. The number of aromatic nitrogens is 2. The lowest BCUT2D eigenvalue weighted by atomic mass is 10.1. The number of halogens is 1. The zero-order valence-electron chi connectivity index (χ0n) is 18.7. The molecular formula is C23H26FN5O4S. The van der Waals surface area contributed by atoms with Crippen molar-refractivity contribution in [2.45, 2.75) is 24.7 Å². The van der Waals surface area contributed by atoms with Gasteiger partial charge in [0.1, 0.15) is 35.6 Å². The fourth-order valence-corrected chi connectivity index (χ4v) is 4.25. The van der Waals surface area contributed by atoms with Crippen LogP contribution in [0.3, 0.4) is 0 Å². The van der Waals surface area contributed by atoms with E-state index in [1.165, 1.54) is 41.1 Å². The molecule has 3 aromatic rings. The van der Waals surface area contributed by atoms with E-state index in [0.29, 0.717) is 49.8 Å². The van der Waals surface area contributed by atoms with Crippen LogP contribution in [0, 0.1) is 17.1 Å². The van der Waals surface area contributed by atoms with Gasteiger partial charge in [-0.3, -0.25) is 0 Å². The zero-order chi connectivity index (χ0) is 24.6. The Morgan fingerprint density at radius 2 is 1.85 bits per heavy atom. The van der Waals surface area contributed by atoms with Crippen LogP contribution in [0.1, 0.15) is 24.6 Å². The van der Waals surface area contributed by atoms with Crippen molar-refractivity contribution in [2.24, 2.45) is 0 Å². The summed E-state index contributed by atoms with van der Waals surface area (Å²) in [6.45, 7) is 3.48. The van der Waals surface area contributed by atoms with Crippen LogP contribution >= 0.6 is 0 Å². The van der Waals surface area contributed by atoms with Gasteiger partial charge in [-0.15, -0.1) is 0 Å². The monoisotopic (exact) mass is 487 g/mol. The van der Waals surface area contributed by atoms with E-state index in [1.54, 1.807) is 12.1 Å². The van der Waals surface area contributed by atoms with E-state index < -0.39 is 15.8 Å². The average Bonchev–Trinajstić information content (AvgIpc) is 3.15. The normalized spacial score (nSPS) is 11.3. The molecule has 0 radical (unpaired) electrons. The summed E-state index contributed by atoms with van der Waals surface area (Å²) in [4.78, 5) is 0.118. The number of aryl methyl sites for hydroxylation is 1. The minimum absolute atomic E-state index is 0.118. The number of anilines is 1. The van der Waals surface area contributed by atoms with E-state index in [9.17, 15) is 18.1 Å². The molecule has 0 saturated carbocycles. The molecule has 0 amide bonds. The van der Waals surface area contributed by atoms with Crippen LogP contribution in [0.2, 0.25) is 0 Å². The molecule has 11 heteroatoms. The molecule has 34 heavy (non-hydrogen) atoms. The molecule has 0 spiro atoms. The number of hydrogen-bond donors (Lipinski definition) is 2. The fraction of sp³-hybridized carbons (Fsp3) is 0.304. The number of nitrogens with zero attached hydrogens (tertiary/aromatic N) is 3. The molecule has 1 heterocycles. The van der Waals surface area contributed by atoms with Crippen LogP contribution in [0.5, 0.6) is 5.75 Å². The Hall–Kier alpha value is -3.46. The van der Waals surface area contributed by atoms with Gasteiger partial charge in [-0.25, -0.2) is 22.2 Å². The second kappa shape index (κ2) is 11.6. The molecule has 3 N–H and O–H groups in total. The quantitative estimate of drug-likeness (QED) is 0.375. The minimum Gasteiger partial charge on any atom is -0.491 e. The number of nitrogen functional groups attached to an aromatic ring is 1. The van der Waals surface area contributed by atoms with Gasteiger partial charge in [0.05, 0.1) is 22.9 Å². The van der Waals surface area contributed by atoms with Gasteiger partial charge >= 0.3 is 0 Å². The number of ether oxygens (including phenoxy) is 2. The highest BCUT2D eigenvalue weighted by atomic mass is 32.2. The molecule has 0 bridgehead atoms. The van der Waals surface area contributed by atoms with E-state index in [0.717, 1.165) is 0 Å². The molecule has 3 rings (SSSR count). The smallest absolute Gasteiger partial charge is 0.240 e. The van der Waals surface area contributed by atoms with Gasteiger partial charge < -0.3 is 15.2 Å².